The van der Waals surface area contributed by atoms with Gasteiger partial charge in [0.15, 0.2) is 0 Å². The predicted molar refractivity (Wildman–Crippen MR) is 72.0 cm³/mol. The van der Waals surface area contributed by atoms with Crippen molar-refractivity contribution in [2.75, 3.05) is 4.90 Å². The number of amides is 1. The quantitative estimate of drug-likeness (QED) is 0.860. The summed E-state index contributed by atoms with van der Waals surface area (Å²) in [5, 5.41) is 9.39. The van der Waals surface area contributed by atoms with Crippen LogP contribution in [0.4, 0.5) is 5.69 Å². The molecule has 1 aliphatic heterocycles. The van der Waals surface area contributed by atoms with Crippen molar-refractivity contribution >= 4 is 17.6 Å². The number of fused-ring (bicyclic) bond motifs is 1. The lowest BCUT2D eigenvalue weighted by Crippen LogP contribution is -2.50. The van der Waals surface area contributed by atoms with Gasteiger partial charge < -0.3 is 10.8 Å². The average molecular weight is 262 g/mol. The van der Waals surface area contributed by atoms with E-state index in [0.29, 0.717) is 12.1 Å². The number of hydrogen-bond donors (Lipinski definition) is 2. The first-order chi connectivity index (χ1) is 8.99. The molecule has 0 aromatic heterocycles. The highest BCUT2D eigenvalue weighted by atomic mass is 16.4. The molecule has 1 aliphatic rings. The Balaban J connectivity index is 2.49. The Bertz CT molecular complexity index is 515. The molecule has 0 aliphatic carbocycles. The second-order valence-electron chi connectivity index (χ2n) is 4.85. The smallest absolute Gasteiger partial charge is 0.327 e. The van der Waals surface area contributed by atoms with Gasteiger partial charge in [0.1, 0.15) is 6.04 Å². The Kier molecular flexibility index (Phi) is 3.57. The van der Waals surface area contributed by atoms with E-state index in [1.807, 2.05) is 26.0 Å². The van der Waals surface area contributed by atoms with Gasteiger partial charge >= 0.3 is 5.97 Å². The largest absolute Gasteiger partial charge is 0.480 e. The first kappa shape index (κ1) is 13.5. The second-order valence-corrected chi connectivity index (χ2v) is 4.85. The molecule has 0 unspecified atom stereocenters. The van der Waals surface area contributed by atoms with Crippen LogP contribution in [0.3, 0.4) is 0 Å². The molecule has 0 bridgehead atoms. The van der Waals surface area contributed by atoms with E-state index >= 15 is 0 Å². The number of benzene rings is 1. The van der Waals surface area contributed by atoms with E-state index < -0.39 is 18.1 Å². The Labute approximate surface area is 112 Å². The monoisotopic (exact) mass is 262 g/mol. The highest BCUT2D eigenvalue weighted by Gasteiger charge is 2.44. The van der Waals surface area contributed by atoms with Crippen LogP contribution in [0.25, 0.3) is 0 Å². The molecule has 0 spiro atoms. The molecule has 1 aromatic carbocycles. The van der Waals surface area contributed by atoms with Crippen molar-refractivity contribution < 1.29 is 14.7 Å². The van der Waals surface area contributed by atoms with E-state index in [9.17, 15) is 14.7 Å². The minimum absolute atomic E-state index is 0.235. The zero-order chi connectivity index (χ0) is 14.2. The SMILES string of the molecule is CC[C@H](N)C(=O)N1c2ccccc2[C@@H](C)[C@H]1C(=O)O. The van der Waals surface area contributed by atoms with Crippen LogP contribution in [0.1, 0.15) is 31.7 Å². The van der Waals surface area contributed by atoms with E-state index in [1.165, 1.54) is 4.90 Å². The second kappa shape index (κ2) is 5.01. The summed E-state index contributed by atoms with van der Waals surface area (Å²) >= 11 is 0. The van der Waals surface area contributed by atoms with Gasteiger partial charge in [0.25, 0.3) is 0 Å². The van der Waals surface area contributed by atoms with Gasteiger partial charge in [-0.1, -0.05) is 32.0 Å². The first-order valence-electron chi connectivity index (χ1n) is 6.39. The molecule has 1 aromatic rings. The summed E-state index contributed by atoms with van der Waals surface area (Å²) in [5.41, 5.74) is 7.32. The normalized spacial score (nSPS) is 23.0. The average Bonchev–Trinajstić information content (AvgIpc) is 2.71. The highest BCUT2D eigenvalue weighted by Crippen LogP contribution is 2.41. The third kappa shape index (κ3) is 2.10. The van der Waals surface area contributed by atoms with Gasteiger partial charge in [0.2, 0.25) is 5.91 Å². The lowest BCUT2D eigenvalue weighted by Gasteiger charge is -2.26. The third-order valence-corrected chi connectivity index (χ3v) is 3.69. The lowest BCUT2D eigenvalue weighted by atomic mass is 9.97. The molecule has 0 saturated heterocycles. The van der Waals surface area contributed by atoms with E-state index in [-0.39, 0.29) is 11.8 Å². The molecular weight excluding hydrogens is 244 g/mol. The number of carboxylic acids is 1. The summed E-state index contributed by atoms with van der Waals surface area (Å²) in [5.74, 6) is -1.56. The van der Waals surface area contributed by atoms with Crippen molar-refractivity contribution in [3.63, 3.8) is 0 Å². The van der Waals surface area contributed by atoms with Crippen LogP contribution in [0.15, 0.2) is 24.3 Å². The van der Waals surface area contributed by atoms with Crippen LogP contribution in [-0.2, 0) is 9.59 Å². The molecule has 1 heterocycles. The summed E-state index contributed by atoms with van der Waals surface area (Å²) in [6, 6.07) is 5.74. The van der Waals surface area contributed by atoms with Crippen LogP contribution in [0.5, 0.6) is 0 Å². The fourth-order valence-corrected chi connectivity index (χ4v) is 2.57. The standard InChI is InChI=1S/C14H18N2O3/c1-3-10(15)13(17)16-11-7-5-4-6-9(11)8(2)12(16)14(18)19/h4-8,10,12H,3,15H2,1-2H3,(H,18,19)/t8-,10+,12+/m1/s1. The summed E-state index contributed by atoms with van der Waals surface area (Å²) in [6.07, 6.45) is 0.484. The van der Waals surface area contributed by atoms with Crippen LogP contribution in [0, 0.1) is 0 Å². The molecule has 0 radical (unpaired) electrons. The Morgan fingerprint density at radius 3 is 2.63 bits per heavy atom. The zero-order valence-electron chi connectivity index (χ0n) is 11.0. The Morgan fingerprint density at radius 2 is 2.05 bits per heavy atom. The third-order valence-electron chi connectivity index (χ3n) is 3.69. The van der Waals surface area contributed by atoms with Crippen molar-refractivity contribution in [1.82, 2.24) is 0 Å². The van der Waals surface area contributed by atoms with Gasteiger partial charge in [0.05, 0.1) is 6.04 Å². The number of carbonyl (C=O) groups is 2. The van der Waals surface area contributed by atoms with Crippen molar-refractivity contribution in [3.8, 4) is 0 Å². The number of hydrogen-bond acceptors (Lipinski definition) is 3. The molecule has 19 heavy (non-hydrogen) atoms. The molecule has 2 rings (SSSR count). The maximum Gasteiger partial charge on any atom is 0.327 e. The number of rotatable bonds is 3. The summed E-state index contributed by atoms with van der Waals surface area (Å²) in [7, 11) is 0. The van der Waals surface area contributed by atoms with Gasteiger partial charge in [-0.15, -0.1) is 0 Å². The van der Waals surface area contributed by atoms with Crippen molar-refractivity contribution in [2.45, 2.75) is 38.3 Å². The topological polar surface area (TPSA) is 83.6 Å². The summed E-state index contributed by atoms with van der Waals surface area (Å²) in [6.45, 7) is 3.63. The van der Waals surface area contributed by atoms with Crippen molar-refractivity contribution in [1.29, 1.82) is 0 Å². The van der Waals surface area contributed by atoms with Crippen LogP contribution < -0.4 is 10.6 Å². The maximum absolute atomic E-state index is 12.3. The van der Waals surface area contributed by atoms with Crippen molar-refractivity contribution in [3.05, 3.63) is 29.8 Å². The molecular formula is C14H18N2O3. The molecule has 102 valence electrons. The maximum atomic E-state index is 12.3. The number of nitrogens with zero attached hydrogens (tertiary/aromatic N) is 1. The summed E-state index contributed by atoms with van der Waals surface area (Å²) in [4.78, 5) is 25.2. The van der Waals surface area contributed by atoms with Crippen LogP contribution >= 0.6 is 0 Å². The highest BCUT2D eigenvalue weighted by molar-refractivity contribution is 6.04. The van der Waals surface area contributed by atoms with Gasteiger partial charge in [0, 0.05) is 11.6 Å². The van der Waals surface area contributed by atoms with Gasteiger partial charge in [-0.25, -0.2) is 4.79 Å². The fraction of sp³-hybridized carbons (Fsp3) is 0.429. The molecule has 0 fully saturated rings. The van der Waals surface area contributed by atoms with Gasteiger partial charge in [-0.2, -0.15) is 0 Å². The molecule has 0 saturated carbocycles. The number of nitrogens with two attached hydrogens (primary N) is 1. The minimum Gasteiger partial charge on any atom is -0.480 e. The molecule has 5 nitrogen and oxygen atoms in total. The molecule has 5 heteroatoms. The lowest BCUT2D eigenvalue weighted by molar-refractivity contribution is -0.140. The number of anilines is 1. The number of carboxylic acid groups (broad SMARTS) is 1. The Morgan fingerprint density at radius 1 is 1.42 bits per heavy atom. The van der Waals surface area contributed by atoms with E-state index in [1.54, 1.807) is 12.1 Å². The number of para-hydroxylation sites is 1. The van der Waals surface area contributed by atoms with Crippen LogP contribution in [-0.4, -0.2) is 29.1 Å². The van der Waals surface area contributed by atoms with Gasteiger partial charge in [-0.3, -0.25) is 9.69 Å². The fourth-order valence-electron chi connectivity index (χ4n) is 2.57. The summed E-state index contributed by atoms with van der Waals surface area (Å²) < 4.78 is 0. The molecule has 1 amide bonds. The number of aliphatic carboxylic acids is 1. The first-order valence-corrected chi connectivity index (χ1v) is 6.39. The predicted octanol–water partition coefficient (Wildman–Crippen LogP) is 1.33. The van der Waals surface area contributed by atoms with Gasteiger partial charge in [-0.05, 0) is 18.1 Å². The van der Waals surface area contributed by atoms with Crippen LogP contribution in [0.2, 0.25) is 0 Å². The van der Waals surface area contributed by atoms with E-state index in [2.05, 4.69) is 0 Å². The Hall–Kier alpha value is -1.88. The zero-order valence-corrected chi connectivity index (χ0v) is 11.0. The minimum atomic E-state index is -1.000. The van der Waals surface area contributed by atoms with Crippen molar-refractivity contribution in [2.24, 2.45) is 5.73 Å². The van der Waals surface area contributed by atoms with E-state index in [0.717, 1.165) is 5.56 Å². The molecule has 3 atom stereocenters. The number of carbonyl (C=O) groups excluding carboxylic acids is 1. The molecule has 3 N–H and O–H groups in total. The van der Waals surface area contributed by atoms with E-state index in [4.69, 9.17) is 5.73 Å².